The van der Waals surface area contributed by atoms with Gasteiger partial charge >= 0.3 is 0 Å². The lowest BCUT2D eigenvalue weighted by Crippen LogP contribution is -2.59. The van der Waals surface area contributed by atoms with Crippen LogP contribution in [0.15, 0.2) is 24.3 Å². The smallest absolute Gasteiger partial charge is 0.0320 e. The standard InChI is InChI=1S/C14H20N2/c1-11(12-3-5-13(15)6-4-12)16-9-14(10-16)7-2-8-14/h3-6,11H,2,7-10,15H2,1H3. The van der Waals surface area contributed by atoms with Gasteiger partial charge in [0.25, 0.3) is 0 Å². The van der Waals surface area contributed by atoms with Gasteiger partial charge in [0, 0.05) is 24.8 Å². The van der Waals surface area contributed by atoms with Crippen LogP contribution in [0, 0.1) is 5.41 Å². The normalized spacial score (nSPS) is 24.8. The molecule has 1 spiro atoms. The molecule has 2 fully saturated rings. The molecule has 2 nitrogen and oxygen atoms in total. The number of hydrogen-bond acceptors (Lipinski definition) is 2. The summed E-state index contributed by atoms with van der Waals surface area (Å²) >= 11 is 0. The average Bonchev–Trinajstić information content (AvgIpc) is 2.14. The van der Waals surface area contributed by atoms with E-state index in [4.69, 9.17) is 5.73 Å². The number of nitrogen functional groups attached to an aromatic ring is 1. The molecule has 1 saturated heterocycles. The Morgan fingerprint density at radius 1 is 1.19 bits per heavy atom. The third-order valence-corrected chi connectivity index (χ3v) is 4.46. The first-order chi connectivity index (χ1) is 7.69. The molecule has 0 bridgehead atoms. The van der Waals surface area contributed by atoms with E-state index in [-0.39, 0.29) is 0 Å². The highest BCUT2D eigenvalue weighted by molar-refractivity contribution is 5.40. The first kappa shape index (κ1) is 10.2. The lowest BCUT2D eigenvalue weighted by Gasteiger charge is -2.58. The summed E-state index contributed by atoms with van der Waals surface area (Å²) in [5.74, 6) is 0. The molecule has 2 N–H and O–H groups in total. The predicted octanol–water partition coefficient (Wildman–Crippen LogP) is 2.82. The lowest BCUT2D eigenvalue weighted by molar-refractivity contribution is -0.0804. The fraction of sp³-hybridized carbons (Fsp3) is 0.571. The van der Waals surface area contributed by atoms with Crippen LogP contribution < -0.4 is 5.73 Å². The monoisotopic (exact) mass is 216 g/mol. The minimum Gasteiger partial charge on any atom is -0.399 e. The van der Waals surface area contributed by atoms with Crippen molar-refractivity contribution in [3.8, 4) is 0 Å². The highest BCUT2D eigenvalue weighted by Crippen LogP contribution is 2.50. The van der Waals surface area contributed by atoms with Crippen LogP contribution in [0.3, 0.4) is 0 Å². The highest BCUT2D eigenvalue weighted by Gasteiger charge is 2.48. The molecule has 0 amide bonds. The Labute approximate surface area is 97.4 Å². The van der Waals surface area contributed by atoms with Crippen LogP contribution in [0.4, 0.5) is 5.69 Å². The summed E-state index contributed by atoms with van der Waals surface area (Å²) in [7, 11) is 0. The van der Waals surface area contributed by atoms with Gasteiger partial charge in [-0.25, -0.2) is 0 Å². The molecule has 1 aromatic rings. The van der Waals surface area contributed by atoms with E-state index < -0.39 is 0 Å². The summed E-state index contributed by atoms with van der Waals surface area (Å²) in [5, 5.41) is 0. The van der Waals surface area contributed by atoms with Crippen molar-refractivity contribution in [1.82, 2.24) is 4.90 Å². The Hall–Kier alpha value is -1.02. The molecule has 1 atom stereocenters. The number of rotatable bonds is 2. The molecular weight excluding hydrogens is 196 g/mol. The van der Waals surface area contributed by atoms with Gasteiger partial charge in [0.1, 0.15) is 0 Å². The molecule has 86 valence electrons. The maximum atomic E-state index is 5.71. The van der Waals surface area contributed by atoms with Gasteiger partial charge in [-0.3, -0.25) is 4.90 Å². The third kappa shape index (κ3) is 1.52. The van der Waals surface area contributed by atoms with Crippen molar-refractivity contribution >= 4 is 5.69 Å². The van der Waals surface area contributed by atoms with Gasteiger partial charge in [0.2, 0.25) is 0 Å². The first-order valence-electron chi connectivity index (χ1n) is 6.28. The van der Waals surface area contributed by atoms with E-state index in [1.54, 1.807) is 0 Å². The zero-order chi connectivity index (χ0) is 11.2. The van der Waals surface area contributed by atoms with Gasteiger partial charge in [-0.1, -0.05) is 18.6 Å². The molecule has 1 aliphatic carbocycles. The zero-order valence-electron chi connectivity index (χ0n) is 9.95. The van der Waals surface area contributed by atoms with E-state index in [1.165, 1.54) is 37.9 Å². The Morgan fingerprint density at radius 2 is 1.81 bits per heavy atom. The summed E-state index contributed by atoms with van der Waals surface area (Å²) in [6.07, 6.45) is 4.36. The van der Waals surface area contributed by atoms with Crippen molar-refractivity contribution in [1.29, 1.82) is 0 Å². The highest BCUT2D eigenvalue weighted by atomic mass is 15.2. The van der Waals surface area contributed by atoms with Crippen molar-refractivity contribution in [2.24, 2.45) is 5.41 Å². The molecule has 1 unspecified atom stereocenters. The average molecular weight is 216 g/mol. The molecule has 1 heterocycles. The lowest BCUT2D eigenvalue weighted by atomic mass is 9.63. The molecule has 1 saturated carbocycles. The third-order valence-electron chi connectivity index (χ3n) is 4.46. The second-order valence-electron chi connectivity index (χ2n) is 5.60. The Morgan fingerprint density at radius 3 is 2.31 bits per heavy atom. The summed E-state index contributed by atoms with van der Waals surface area (Å²) < 4.78 is 0. The molecule has 0 radical (unpaired) electrons. The van der Waals surface area contributed by atoms with Crippen LogP contribution in [-0.2, 0) is 0 Å². The quantitative estimate of drug-likeness (QED) is 0.770. The van der Waals surface area contributed by atoms with Gasteiger partial charge in [-0.2, -0.15) is 0 Å². The van der Waals surface area contributed by atoms with Crippen molar-refractivity contribution in [3.63, 3.8) is 0 Å². The molecule has 0 aromatic heterocycles. The van der Waals surface area contributed by atoms with E-state index in [0.717, 1.165) is 11.1 Å². The number of anilines is 1. The first-order valence-corrected chi connectivity index (χ1v) is 6.28. The van der Waals surface area contributed by atoms with Crippen molar-refractivity contribution in [2.45, 2.75) is 32.2 Å². The minimum absolute atomic E-state index is 0.548. The molecule has 16 heavy (non-hydrogen) atoms. The van der Waals surface area contributed by atoms with E-state index in [2.05, 4.69) is 24.0 Å². The minimum atomic E-state index is 0.548. The number of nitrogens with zero attached hydrogens (tertiary/aromatic N) is 1. The number of hydrogen-bond donors (Lipinski definition) is 1. The van der Waals surface area contributed by atoms with Crippen LogP contribution in [0.5, 0.6) is 0 Å². The fourth-order valence-electron chi connectivity index (χ4n) is 3.07. The van der Waals surface area contributed by atoms with Crippen LogP contribution >= 0.6 is 0 Å². The van der Waals surface area contributed by atoms with Crippen LogP contribution in [0.25, 0.3) is 0 Å². The van der Waals surface area contributed by atoms with E-state index in [1.807, 2.05) is 12.1 Å². The SMILES string of the molecule is CC(c1ccc(N)cc1)N1CC2(CCC2)C1. The molecule has 1 aromatic carbocycles. The van der Waals surface area contributed by atoms with E-state index >= 15 is 0 Å². The van der Waals surface area contributed by atoms with Crippen LogP contribution in [-0.4, -0.2) is 18.0 Å². The fourth-order valence-corrected chi connectivity index (χ4v) is 3.07. The topological polar surface area (TPSA) is 29.3 Å². The van der Waals surface area contributed by atoms with Gasteiger partial charge in [0.05, 0.1) is 0 Å². The van der Waals surface area contributed by atoms with Gasteiger partial charge in [-0.05, 0) is 42.9 Å². The van der Waals surface area contributed by atoms with Crippen LogP contribution in [0.2, 0.25) is 0 Å². The van der Waals surface area contributed by atoms with E-state index in [9.17, 15) is 0 Å². The molecule has 2 aliphatic rings. The Balaban J connectivity index is 1.65. The molecular formula is C14H20N2. The summed E-state index contributed by atoms with van der Waals surface area (Å²) in [4.78, 5) is 2.59. The molecule has 3 rings (SSSR count). The van der Waals surface area contributed by atoms with Gasteiger partial charge < -0.3 is 5.73 Å². The van der Waals surface area contributed by atoms with Crippen molar-refractivity contribution in [3.05, 3.63) is 29.8 Å². The maximum Gasteiger partial charge on any atom is 0.0320 e. The number of likely N-dealkylation sites (tertiary alicyclic amines) is 1. The Bertz CT molecular complexity index is 370. The molecule has 2 heteroatoms. The van der Waals surface area contributed by atoms with Crippen LogP contribution in [0.1, 0.15) is 37.8 Å². The van der Waals surface area contributed by atoms with Crippen molar-refractivity contribution < 1.29 is 0 Å². The number of nitrogens with two attached hydrogens (primary N) is 1. The van der Waals surface area contributed by atoms with Gasteiger partial charge in [-0.15, -0.1) is 0 Å². The predicted molar refractivity (Wildman–Crippen MR) is 67.1 cm³/mol. The van der Waals surface area contributed by atoms with Crippen molar-refractivity contribution in [2.75, 3.05) is 18.8 Å². The summed E-state index contributed by atoms with van der Waals surface area (Å²) in [6, 6.07) is 8.87. The molecule has 1 aliphatic heterocycles. The maximum absolute atomic E-state index is 5.71. The summed E-state index contributed by atoms with van der Waals surface area (Å²) in [6.45, 7) is 4.91. The van der Waals surface area contributed by atoms with E-state index in [0.29, 0.717) is 6.04 Å². The Kier molecular flexibility index (Phi) is 2.21. The second kappa shape index (κ2) is 3.49. The number of benzene rings is 1. The summed E-state index contributed by atoms with van der Waals surface area (Å²) in [5.41, 5.74) is 8.68. The second-order valence-corrected chi connectivity index (χ2v) is 5.60. The van der Waals surface area contributed by atoms with Gasteiger partial charge in [0.15, 0.2) is 0 Å². The largest absolute Gasteiger partial charge is 0.399 e. The zero-order valence-corrected chi connectivity index (χ0v) is 9.95.